The van der Waals surface area contributed by atoms with Crippen LogP contribution in [0.2, 0.25) is 0 Å². The van der Waals surface area contributed by atoms with Crippen molar-refractivity contribution in [3.8, 4) is 0 Å². The van der Waals surface area contributed by atoms with Crippen molar-refractivity contribution in [2.75, 3.05) is 0 Å². The zero-order chi connectivity index (χ0) is 5.21. The van der Waals surface area contributed by atoms with Crippen LogP contribution in [0.5, 0.6) is 0 Å². The molecule has 7 heavy (non-hydrogen) atoms. The molecule has 0 saturated heterocycles. The molecule has 0 atom stereocenters. The van der Waals surface area contributed by atoms with Crippen LogP contribution in [0.25, 0.3) is 0 Å². The molecule has 0 fully saturated rings. The molecule has 0 aromatic carbocycles. The van der Waals surface area contributed by atoms with Gasteiger partial charge in [-0.1, -0.05) is 0 Å². The summed E-state index contributed by atoms with van der Waals surface area (Å²) < 4.78 is 31.1. The molecule has 5 heteroatoms. The van der Waals surface area contributed by atoms with Crippen LogP contribution in [0, 0.1) is 40.8 Å². The van der Waals surface area contributed by atoms with Gasteiger partial charge >= 0.3 is 12.5 Å². The number of hydrogen-bond donors (Lipinski definition) is 0. The van der Waals surface area contributed by atoms with Crippen LogP contribution in [0.4, 0.5) is 13.2 Å². The fourth-order valence-electron chi connectivity index (χ4n) is 0. The Balaban J connectivity index is 0. The molecular formula is C2F3NdO. The number of hydrogen-bond acceptors (Lipinski definition) is 1. The first kappa shape index (κ1) is 10.7. The molecule has 0 aromatic rings. The minimum absolute atomic E-state index is 0. The van der Waals surface area contributed by atoms with E-state index in [4.69, 9.17) is 4.79 Å². The van der Waals surface area contributed by atoms with E-state index >= 15 is 0 Å². The first-order valence-electron chi connectivity index (χ1n) is 1.02. The van der Waals surface area contributed by atoms with E-state index in [9.17, 15) is 13.2 Å². The molecule has 0 aromatic heterocycles. The average molecular weight is 241 g/mol. The van der Waals surface area contributed by atoms with E-state index in [0.29, 0.717) is 0 Å². The van der Waals surface area contributed by atoms with Gasteiger partial charge in [-0.2, -0.15) is 13.2 Å². The van der Waals surface area contributed by atoms with E-state index in [1.54, 1.807) is 0 Å². The number of halogens is 3. The molecule has 0 spiro atoms. The number of carbonyl (C=O) groups excluding carboxylic acids is 1. The second-order valence-corrected chi connectivity index (χ2v) is 0.600. The van der Waals surface area contributed by atoms with Crippen LogP contribution < -0.4 is 0 Å². The molecule has 0 saturated carbocycles. The van der Waals surface area contributed by atoms with E-state index in [2.05, 4.69) is 0 Å². The molecule has 0 aliphatic rings. The summed E-state index contributed by atoms with van der Waals surface area (Å²) in [6.45, 7) is 0. The zero-order valence-corrected chi connectivity index (χ0v) is 6.25. The maximum Gasteiger partial charge on any atom is 0.458 e. The van der Waals surface area contributed by atoms with Gasteiger partial charge in [0.1, 0.15) is 0 Å². The average Bonchev–Trinajstić information content (AvgIpc) is 1.35. The molecule has 0 aliphatic carbocycles. The van der Waals surface area contributed by atoms with Gasteiger partial charge in [0, 0.05) is 40.8 Å². The third kappa shape index (κ3) is 10.9. The Labute approximate surface area is 70.8 Å². The first-order valence-corrected chi connectivity index (χ1v) is 1.02. The quantitative estimate of drug-likeness (QED) is 0.609. The van der Waals surface area contributed by atoms with Gasteiger partial charge in [0.15, 0.2) is 0 Å². The molecule has 39 valence electrons. The van der Waals surface area contributed by atoms with Gasteiger partial charge in [0.25, 0.3) is 0 Å². The van der Waals surface area contributed by atoms with Gasteiger partial charge in [0.2, 0.25) is 0 Å². The number of rotatable bonds is 0. The summed E-state index contributed by atoms with van der Waals surface area (Å²) in [4.78, 5) is 8.58. The molecule has 0 unspecified atom stereocenters. The Hall–Kier alpha value is 0.811. The molecule has 0 amide bonds. The molecule has 0 rings (SSSR count). The van der Waals surface area contributed by atoms with E-state index in [0.717, 1.165) is 0 Å². The monoisotopic (exact) mass is 239 g/mol. The normalized spacial score (nSPS) is 9.57. The molecule has 1 radical (unpaired) electrons. The van der Waals surface area contributed by atoms with Gasteiger partial charge in [-0.15, -0.1) is 0 Å². The molecule has 0 bridgehead atoms. The van der Waals surface area contributed by atoms with E-state index in [1.165, 1.54) is 0 Å². The largest absolute Gasteiger partial charge is 0.458 e. The first-order chi connectivity index (χ1) is 2.56. The van der Waals surface area contributed by atoms with Crippen molar-refractivity contribution in [3.05, 3.63) is 0 Å². The Morgan fingerprint density at radius 3 is 1.43 bits per heavy atom. The van der Waals surface area contributed by atoms with Crippen LogP contribution in [-0.4, -0.2) is 12.5 Å². The zero-order valence-electron chi connectivity index (χ0n) is 3.04. The summed E-state index contributed by atoms with van der Waals surface area (Å²) in [5, 5.41) is 0. The standard InChI is InChI=1S/C2F3O.Nd/c3-2(4,5)1-6;. The predicted octanol–water partition coefficient (Wildman–Crippen LogP) is 0.658. The van der Waals surface area contributed by atoms with Gasteiger partial charge in [-0.25, -0.2) is 0 Å². The van der Waals surface area contributed by atoms with Crippen molar-refractivity contribution >= 4 is 6.29 Å². The Morgan fingerprint density at radius 2 is 1.43 bits per heavy atom. The van der Waals surface area contributed by atoms with E-state index in [-0.39, 0.29) is 47.1 Å². The summed E-state index contributed by atoms with van der Waals surface area (Å²) in [5.74, 6) is 0. The van der Waals surface area contributed by atoms with E-state index < -0.39 is 6.18 Å². The minimum Gasteiger partial charge on any atom is -0.280 e. The smallest absolute Gasteiger partial charge is 0.280 e. The van der Waals surface area contributed by atoms with Crippen LogP contribution in [0.15, 0.2) is 0 Å². The second-order valence-electron chi connectivity index (χ2n) is 0.600. The summed E-state index contributed by atoms with van der Waals surface area (Å²) >= 11 is 0. The predicted molar refractivity (Wildman–Crippen MR) is 11.7 cm³/mol. The minimum atomic E-state index is -4.76. The van der Waals surface area contributed by atoms with Gasteiger partial charge in [-0.3, -0.25) is 4.79 Å². The maximum absolute atomic E-state index is 10.4. The van der Waals surface area contributed by atoms with Crippen LogP contribution in [-0.2, 0) is 4.79 Å². The molecule has 0 heterocycles. The third-order valence-corrected chi connectivity index (χ3v) is 0.116. The fourth-order valence-corrected chi connectivity index (χ4v) is 0. The van der Waals surface area contributed by atoms with Gasteiger partial charge < -0.3 is 0 Å². The fraction of sp³-hybridized carbons (Fsp3) is 0.500. The summed E-state index contributed by atoms with van der Waals surface area (Å²) in [6.07, 6.45) is -4.91. The molecule has 1 nitrogen and oxygen atoms in total. The third-order valence-electron chi connectivity index (χ3n) is 0.116. The Bertz CT molecular complexity index is 58.4. The van der Waals surface area contributed by atoms with Crippen molar-refractivity contribution in [1.29, 1.82) is 0 Å². The Kier molecular flexibility index (Phi) is 5.78. The second kappa shape index (κ2) is 3.77. The van der Waals surface area contributed by atoms with Crippen molar-refractivity contribution in [1.82, 2.24) is 0 Å². The van der Waals surface area contributed by atoms with Crippen molar-refractivity contribution in [2.24, 2.45) is 0 Å². The topological polar surface area (TPSA) is 17.1 Å². The summed E-state index contributed by atoms with van der Waals surface area (Å²) in [5.41, 5.74) is 0. The van der Waals surface area contributed by atoms with Gasteiger partial charge in [-0.05, 0) is 0 Å². The van der Waals surface area contributed by atoms with Crippen molar-refractivity contribution in [2.45, 2.75) is 6.18 Å². The maximum atomic E-state index is 10.4. The molecule has 0 aliphatic heterocycles. The summed E-state index contributed by atoms with van der Waals surface area (Å²) in [7, 11) is 0. The van der Waals surface area contributed by atoms with Crippen LogP contribution >= 0.6 is 0 Å². The number of alkyl halides is 3. The van der Waals surface area contributed by atoms with Crippen molar-refractivity contribution in [3.63, 3.8) is 0 Å². The molecule has 0 N–H and O–H groups in total. The van der Waals surface area contributed by atoms with Crippen molar-refractivity contribution < 1.29 is 58.8 Å². The van der Waals surface area contributed by atoms with Gasteiger partial charge in [0.05, 0.1) is 0 Å². The van der Waals surface area contributed by atoms with Crippen LogP contribution in [0.1, 0.15) is 0 Å². The summed E-state index contributed by atoms with van der Waals surface area (Å²) in [6, 6.07) is 0. The molecular weight excluding hydrogens is 241 g/mol. The van der Waals surface area contributed by atoms with Crippen LogP contribution in [0.3, 0.4) is 0 Å². The van der Waals surface area contributed by atoms with E-state index in [1.807, 2.05) is 0 Å². The SMILES string of the molecule is O=[C]C(F)(F)F.[Nd]. The Morgan fingerprint density at radius 1 is 1.29 bits per heavy atom.